The largest absolute Gasteiger partial charge is 0.342 e. The average Bonchev–Trinajstić information content (AvgIpc) is 2.19. The summed E-state index contributed by atoms with van der Waals surface area (Å²) in [5.41, 5.74) is 0.0300. The van der Waals surface area contributed by atoms with Crippen LogP contribution in [0.5, 0.6) is 0 Å². The van der Waals surface area contributed by atoms with Gasteiger partial charge in [-0.3, -0.25) is 4.79 Å². The Hall–Kier alpha value is -0.570. The molecular weight excluding hydrogens is 188 g/mol. The van der Waals surface area contributed by atoms with Gasteiger partial charge in [-0.2, -0.15) is 0 Å². The summed E-state index contributed by atoms with van der Waals surface area (Å²) in [4.78, 5) is 13.8. The number of amides is 1. The van der Waals surface area contributed by atoms with Gasteiger partial charge in [0, 0.05) is 18.6 Å². The SMILES string of the molecule is CCN(CC)C(=O)C(C)NC(C)(C)CC. The molecule has 0 radical (unpaired) electrons. The molecule has 1 atom stereocenters. The number of carbonyl (C=O) groups is 1. The van der Waals surface area contributed by atoms with E-state index in [9.17, 15) is 4.79 Å². The first-order valence-electron chi connectivity index (χ1n) is 5.94. The summed E-state index contributed by atoms with van der Waals surface area (Å²) in [7, 11) is 0. The molecule has 3 nitrogen and oxygen atoms in total. The van der Waals surface area contributed by atoms with Crippen LogP contribution in [-0.2, 0) is 4.79 Å². The van der Waals surface area contributed by atoms with E-state index in [2.05, 4.69) is 26.1 Å². The fourth-order valence-corrected chi connectivity index (χ4v) is 1.56. The van der Waals surface area contributed by atoms with E-state index in [0.29, 0.717) is 0 Å². The quantitative estimate of drug-likeness (QED) is 0.733. The molecule has 1 unspecified atom stereocenters. The van der Waals surface area contributed by atoms with Gasteiger partial charge in [-0.15, -0.1) is 0 Å². The highest BCUT2D eigenvalue weighted by Gasteiger charge is 2.24. The Labute approximate surface area is 94.2 Å². The standard InChI is InChI=1S/C12H26N2O/c1-7-12(5,6)13-10(4)11(15)14(8-2)9-3/h10,13H,7-9H2,1-6H3. The number of carbonyl (C=O) groups excluding carboxylic acids is 1. The van der Waals surface area contributed by atoms with Crippen LogP contribution in [0.15, 0.2) is 0 Å². The normalized spacial score (nSPS) is 13.7. The summed E-state index contributed by atoms with van der Waals surface area (Å²) in [5, 5.41) is 3.36. The lowest BCUT2D eigenvalue weighted by molar-refractivity contribution is -0.133. The smallest absolute Gasteiger partial charge is 0.239 e. The van der Waals surface area contributed by atoms with Gasteiger partial charge in [0.15, 0.2) is 0 Å². The third-order valence-electron chi connectivity index (χ3n) is 2.94. The van der Waals surface area contributed by atoms with Gasteiger partial charge in [-0.1, -0.05) is 6.92 Å². The predicted molar refractivity (Wildman–Crippen MR) is 64.9 cm³/mol. The van der Waals surface area contributed by atoms with E-state index in [0.717, 1.165) is 19.5 Å². The van der Waals surface area contributed by atoms with E-state index in [1.807, 2.05) is 25.7 Å². The minimum atomic E-state index is -0.0974. The minimum absolute atomic E-state index is 0.0300. The molecular formula is C12H26N2O. The van der Waals surface area contributed by atoms with Gasteiger partial charge in [0.05, 0.1) is 6.04 Å². The van der Waals surface area contributed by atoms with Crippen LogP contribution in [-0.4, -0.2) is 35.5 Å². The molecule has 0 bridgehead atoms. The Balaban J connectivity index is 4.32. The molecule has 3 heteroatoms. The van der Waals surface area contributed by atoms with Gasteiger partial charge in [0.1, 0.15) is 0 Å². The van der Waals surface area contributed by atoms with Crippen molar-refractivity contribution in [3.63, 3.8) is 0 Å². The first-order chi connectivity index (χ1) is 6.87. The highest BCUT2D eigenvalue weighted by atomic mass is 16.2. The Morgan fingerprint density at radius 2 is 1.73 bits per heavy atom. The molecule has 1 amide bonds. The number of likely N-dealkylation sites (N-methyl/N-ethyl adjacent to an activating group) is 1. The van der Waals surface area contributed by atoms with Gasteiger partial charge in [-0.25, -0.2) is 0 Å². The lowest BCUT2D eigenvalue weighted by Gasteiger charge is -2.31. The topological polar surface area (TPSA) is 32.3 Å². The van der Waals surface area contributed by atoms with Gasteiger partial charge in [0.2, 0.25) is 5.91 Å². The van der Waals surface area contributed by atoms with Crippen LogP contribution in [0.2, 0.25) is 0 Å². The second-order valence-corrected chi connectivity index (χ2v) is 4.61. The molecule has 0 aromatic heterocycles. The number of nitrogens with one attached hydrogen (secondary N) is 1. The van der Waals surface area contributed by atoms with Crippen molar-refractivity contribution in [2.45, 2.75) is 59.5 Å². The maximum absolute atomic E-state index is 12.0. The van der Waals surface area contributed by atoms with Gasteiger partial charge in [0.25, 0.3) is 0 Å². The first-order valence-corrected chi connectivity index (χ1v) is 5.94. The van der Waals surface area contributed by atoms with Crippen molar-refractivity contribution in [2.24, 2.45) is 0 Å². The molecule has 1 N–H and O–H groups in total. The van der Waals surface area contributed by atoms with Crippen molar-refractivity contribution in [1.29, 1.82) is 0 Å². The van der Waals surface area contributed by atoms with Gasteiger partial charge in [-0.05, 0) is 41.0 Å². The van der Waals surface area contributed by atoms with Gasteiger partial charge < -0.3 is 10.2 Å². The number of hydrogen-bond donors (Lipinski definition) is 1. The molecule has 90 valence electrons. The van der Waals surface area contributed by atoms with Crippen LogP contribution in [0.3, 0.4) is 0 Å². The molecule has 0 rings (SSSR count). The fourth-order valence-electron chi connectivity index (χ4n) is 1.56. The highest BCUT2D eigenvalue weighted by molar-refractivity contribution is 5.81. The van der Waals surface area contributed by atoms with Crippen LogP contribution in [0, 0.1) is 0 Å². The summed E-state index contributed by atoms with van der Waals surface area (Å²) >= 11 is 0. The van der Waals surface area contributed by atoms with E-state index in [1.165, 1.54) is 0 Å². The third kappa shape index (κ3) is 4.65. The van der Waals surface area contributed by atoms with Crippen molar-refractivity contribution in [2.75, 3.05) is 13.1 Å². The molecule has 0 saturated heterocycles. The van der Waals surface area contributed by atoms with Crippen LogP contribution in [0.25, 0.3) is 0 Å². The van der Waals surface area contributed by atoms with Crippen molar-refractivity contribution >= 4 is 5.91 Å². The second kappa shape index (κ2) is 6.11. The Morgan fingerprint density at radius 1 is 1.27 bits per heavy atom. The van der Waals surface area contributed by atoms with Crippen molar-refractivity contribution in [3.05, 3.63) is 0 Å². The summed E-state index contributed by atoms with van der Waals surface area (Å²) in [6.07, 6.45) is 1.02. The Morgan fingerprint density at radius 3 is 2.07 bits per heavy atom. The Kier molecular flexibility index (Phi) is 5.88. The highest BCUT2D eigenvalue weighted by Crippen LogP contribution is 2.09. The lowest BCUT2D eigenvalue weighted by atomic mass is 10.0. The maximum Gasteiger partial charge on any atom is 0.239 e. The third-order valence-corrected chi connectivity index (χ3v) is 2.94. The fraction of sp³-hybridized carbons (Fsp3) is 0.917. The van der Waals surface area contributed by atoms with Crippen LogP contribution >= 0.6 is 0 Å². The molecule has 0 aliphatic carbocycles. The number of hydrogen-bond acceptors (Lipinski definition) is 2. The van der Waals surface area contributed by atoms with E-state index in [4.69, 9.17) is 0 Å². The summed E-state index contributed by atoms with van der Waals surface area (Å²) in [6, 6.07) is -0.0974. The summed E-state index contributed by atoms with van der Waals surface area (Å²) in [5.74, 6) is 0.196. The average molecular weight is 214 g/mol. The zero-order valence-electron chi connectivity index (χ0n) is 11.1. The van der Waals surface area contributed by atoms with Crippen molar-refractivity contribution in [3.8, 4) is 0 Å². The van der Waals surface area contributed by atoms with Crippen molar-refractivity contribution < 1.29 is 4.79 Å². The van der Waals surface area contributed by atoms with E-state index < -0.39 is 0 Å². The van der Waals surface area contributed by atoms with E-state index in [-0.39, 0.29) is 17.5 Å². The van der Waals surface area contributed by atoms with E-state index >= 15 is 0 Å². The van der Waals surface area contributed by atoms with Crippen molar-refractivity contribution in [1.82, 2.24) is 10.2 Å². The molecule has 0 fully saturated rings. The monoisotopic (exact) mass is 214 g/mol. The van der Waals surface area contributed by atoms with Crippen LogP contribution in [0.1, 0.15) is 48.0 Å². The number of rotatable bonds is 6. The summed E-state index contributed by atoms with van der Waals surface area (Å²) in [6.45, 7) is 13.9. The maximum atomic E-state index is 12.0. The second-order valence-electron chi connectivity index (χ2n) is 4.61. The minimum Gasteiger partial charge on any atom is -0.342 e. The zero-order chi connectivity index (χ0) is 12.1. The predicted octanol–water partition coefficient (Wildman–Crippen LogP) is 2.02. The number of nitrogens with zero attached hydrogens (tertiary/aromatic N) is 1. The van der Waals surface area contributed by atoms with E-state index in [1.54, 1.807) is 0 Å². The van der Waals surface area contributed by atoms with Gasteiger partial charge >= 0.3 is 0 Å². The lowest BCUT2D eigenvalue weighted by Crippen LogP contribution is -2.52. The molecule has 0 saturated carbocycles. The first kappa shape index (κ1) is 14.4. The zero-order valence-corrected chi connectivity index (χ0v) is 11.1. The molecule has 15 heavy (non-hydrogen) atoms. The molecule has 0 spiro atoms. The van der Waals surface area contributed by atoms with Crippen LogP contribution in [0.4, 0.5) is 0 Å². The Bertz CT molecular complexity index is 198. The molecule has 0 aliphatic rings. The molecule has 0 aromatic rings. The molecule has 0 aromatic carbocycles. The molecule has 0 aliphatic heterocycles. The molecule has 0 heterocycles. The summed E-state index contributed by atoms with van der Waals surface area (Å²) < 4.78 is 0. The van der Waals surface area contributed by atoms with Crippen LogP contribution < -0.4 is 5.32 Å².